The van der Waals surface area contributed by atoms with Crippen LogP contribution >= 0.6 is 0 Å². The molecule has 1 saturated heterocycles. The molecule has 0 saturated carbocycles. The molecule has 11 heteroatoms. The van der Waals surface area contributed by atoms with Crippen LogP contribution in [-0.4, -0.2) is 67.0 Å². The van der Waals surface area contributed by atoms with Crippen LogP contribution in [0.3, 0.4) is 0 Å². The van der Waals surface area contributed by atoms with Gasteiger partial charge in [0.1, 0.15) is 24.5 Å². The first-order chi connectivity index (χ1) is 20.2. The number of rotatable bonds is 7. The molecule has 3 heterocycles. The van der Waals surface area contributed by atoms with E-state index < -0.39 is 10.1 Å². The van der Waals surface area contributed by atoms with Crippen molar-refractivity contribution in [3.8, 4) is 11.6 Å². The van der Waals surface area contributed by atoms with Crippen LogP contribution in [0, 0.1) is 6.92 Å². The summed E-state index contributed by atoms with van der Waals surface area (Å²) in [5, 5.41) is 1.13. The molecule has 1 aliphatic heterocycles. The van der Waals surface area contributed by atoms with Gasteiger partial charge >= 0.3 is 0 Å². The Balaban J connectivity index is 0.000000271. The third-order valence-electron chi connectivity index (χ3n) is 7.21. The Morgan fingerprint density at radius 1 is 1.00 bits per heavy atom. The van der Waals surface area contributed by atoms with Crippen LogP contribution in [0.1, 0.15) is 18.4 Å². The number of hydrogen-bond acceptors (Lipinski definition) is 8. The zero-order valence-corrected chi connectivity index (χ0v) is 24.5. The molecule has 3 aromatic carbocycles. The number of aryl methyl sites for hydroxylation is 1. The molecule has 0 amide bonds. The normalized spacial score (nSPS) is 14.1. The standard InChI is InChI=1S/C24H27N5O2.C7H8O3S/c1-30-13-14-31-19-6-7-21-20(15-19)26-16-29(21)23-8-5-17-3-2-4-22(24(17)27-23)28-11-9-18(25)10-12-28;1-6-2-4-7(5-3-6)11(8,9)10/h2-8,15-16,18H,9-14,25H2,1H3;2-5H,1H3,(H,8,9,10). The van der Waals surface area contributed by atoms with Crippen LogP contribution in [0.4, 0.5) is 5.69 Å². The molecule has 42 heavy (non-hydrogen) atoms. The van der Waals surface area contributed by atoms with Gasteiger partial charge in [0.05, 0.1) is 33.7 Å². The highest BCUT2D eigenvalue weighted by atomic mass is 32.2. The molecular weight excluding hydrogens is 554 g/mol. The number of aromatic nitrogens is 3. The van der Waals surface area contributed by atoms with E-state index in [0.717, 1.165) is 65.0 Å². The maximum absolute atomic E-state index is 10.5. The minimum atomic E-state index is -4.02. The smallest absolute Gasteiger partial charge is 0.294 e. The van der Waals surface area contributed by atoms with E-state index in [9.17, 15) is 8.42 Å². The summed E-state index contributed by atoms with van der Waals surface area (Å²) in [5.41, 5.74) is 11.1. The van der Waals surface area contributed by atoms with Crippen LogP contribution in [0.25, 0.3) is 27.8 Å². The number of piperidine rings is 1. The average Bonchev–Trinajstić information content (AvgIpc) is 3.41. The zero-order valence-electron chi connectivity index (χ0n) is 23.7. The number of nitrogens with two attached hydrogens (primary N) is 1. The van der Waals surface area contributed by atoms with Gasteiger partial charge in [0.15, 0.2) is 0 Å². The second kappa shape index (κ2) is 12.9. The van der Waals surface area contributed by atoms with E-state index in [1.807, 2.05) is 42.1 Å². The summed E-state index contributed by atoms with van der Waals surface area (Å²) in [7, 11) is -2.36. The van der Waals surface area contributed by atoms with E-state index in [1.54, 1.807) is 19.2 Å². The predicted octanol–water partition coefficient (Wildman–Crippen LogP) is 4.77. The van der Waals surface area contributed by atoms with Crippen molar-refractivity contribution in [3.05, 3.63) is 84.7 Å². The van der Waals surface area contributed by atoms with Crippen molar-refractivity contribution >= 4 is 37.7 Å². The summed E-state index contributed by atoms with van der Waals surface area (Å²) >= 11 is 0. The SMILES string of the molecule is COCCOc1ccc2c(c1)ncn2-c1ccc2cccc(N3CCC(N)CC3)c2n1.Cc1ccc(S(=O)(=O)O)cc1. The zero-order chi connectivity index (χ0) is 29.7. The molecule has 6 rings (SSSR count). The second-order valence-electron chi connectivity index (χ2n) is 10.2. The van der Waals surface area contributed by atoms with Crippen LogP contribution in [-0.2, 0) is 14.9 Å². The van der Waals surface area contributed by atoms with E-state index in [2.05, 4.69) is 34.1 Å². The minimum absolute atomic E-state index is 0.0666. The van der Waals surface area contributed by atoms with E-state index in [-0.39, 0.29) is 4.90 Å². The first-order valence-electron chi connectivity index (χ1n) is 13.8. The Bertz CT molecular complexity index is 1760. The molecule has 2 aromatic heterocycles. The lowest BCUT2D eigenvalue weighted by atomic mass is 10.0. The number of anilines is 1. The number of hydrogen-bond donors (Lipinski definition) is 2. The van der Waals surface area contributed by atoms with Gasteiger partial charge in [-0.25, -0.2) is 9.97 Å². The summed E-state index contributed by atoms with van der Waals surface area (Å²) < 4.78 is 42.3. The summed E-state index contributed by atoms with van der Waals surface area (Å²) in [6.07, 6.45) is 3.84. The largest absolute Gasteiger partial charge is 0.491 e. The summed E-state index contributed by atoms with van der Waals surface area (Å²) in [4.78, 5) is 12.0. The molecule has 0 unspecified atom stereocenters. The molecule has 5 aromatic rings. The lowest BCUT2D eigenvalue weighted by Gasteiger charge is -2.32. The Hall–Kier alpha value is -4.03. The maximum atomic E-state index is 10.5. The highest BCUT2D eigenvalue weighted by molar-refractivity contribution is 7.85. The van der Waals surface area contributed by atoms with Gasteiger partial charge < -0.3 is 20.1 Å². The van der Waals surface area contributed by atoms with Crippen molar-refractivity contribution in [1.29, 1.82) is 0 Å². The number of methoxy groups -OCH3 is 1. The Morgan fingerprint density at radius 3 is 2.48 bits per heavy atom. The quantitative estimate of drug-likeness (QED) is 0.203. The van der Waals surface area contributed by atoms with Crippen LogP contribution < -0.4 is 15.4 Å². The molecule has 1 fully saturated rings. The van der Waals surface area contributed by atoms with Crippen LogP contribution in [0.5, 0.6) is 5.75 Å². The fourth-order valence-electron chi connectivity index (χ4n) is 4.87. The fraction of sp³-hybridized carbons (Fsp3) is 0.290. The van der Waals surface area contributed by atoms with Gasteiger partial charge in [-0.1, -0.05) is 29.8 Å². The third kappa shape index (κ3) is 6.88. The first-order valence-corrected chi connectivity index (χ1v) is 15.2. The number of pyridine rings is 1. The van der Waals surface area contributed by atoms with E-state index >= 15 is 0 Å². The maximum Gasteiger partial charge on any atom is 0.294 e. The number of ether oxygens (including phenoxy) is 2. The lowest BCUT2D eigenvalue weighted by Crippen LogP contribution is -2.39. The summed E-state index contributed by atoms with van der Waals surface area (Å²) in [6, 6.07) is 22.8. The summed E-state index contributed by atoms with van der Waals surface area (Å²) in [5.74, 6) is 1.64. The molecule has 220 valence electrons. The first kappa shape index (κ1) is 29.5. The van der Waals surface area contributed by atoms with E-state index in [0.29, 0.717) is 19.3 Å². The lowest BCUT2D eigenvalue weighted by molar-refractivity contribution is 0.146. The van der Waals surface area contributed by atoms with Crippen LogP contribution in [0.15, 0.2) is 84.0 Å². The topological polar surface area (TPSA) is 133 Å². The molecule has 3 N–H and O–H groups in total. The van der Waals surface area contributed by atoms with Gasteiger partial charge in [-0.2, -0.15) is 8.42 Å². The predicted molar refractivity (Wildman–Crippen MR) is 164 cm³/mol. The Kier molecular flexibility index (Phi) is 9.03. The molecule has 10 nitrogen and oxygen atoms in total. The summed E-state index contributed by atoms with van der Waals surface area (Å²) in [6.45, 7) is 4.84. The van der Waals surface area contributed by atoms with Crippen molar-refractivity contribution in [1.82, 2.24) is 14.5 Å². The number of nitrogens with zero attached hydrogens (tertiary/aromatic N) is 4. The van der Waals surface area contributed by atoms with Crippen molar-refractivity contribution in [3.63, 3.8) is 0 Å². The minimum Gasteiger partial charge on any atom is -0.491 e. The van der Waals surface area contributed by atoms with Gasteiger partial charge in [0.25, 0.3) is 10.1 Å². The van der Waals surface area contributed by atoms with Gasteiger partial charge in [-0.05, 0) is 62.2 Å². The van der Waals surface area contributed by atoms with E-state index in [1.165, 1.54) is 17.8 Å². The number of benzene rings is 3. The average molecular weight is 590 g/mol. The molecule has 0 atom stereocenters. The Labute approximate surface area is 245 Å². The number of fused-ring (bicyclic) bond motifs is 2. The molecule has 0 spiro atoms. The fourth-order valence-corrected chi connectivity index (χ4v) is 5.35. The highest BCUT2D eigenvalue weighted by Crippen LogP contribution is 2.29. The van der Waals surface area contributed by atoms with Gasteiger partial charge in [-0.3, -0.25) is 9.12 Å². The van der Waals surface area contributed by atoms with Crippen molar-refractivity contribution in [2.75, 3.05) is 38.3 Å². The monoisotopic (exact) mass is 589 g/mol. The molecule has 0 radical (unpaired) electrons. The number of imidazole rings is 1. The van der Waals surface area contributed by atoms with E-state index in [4.69, 9.17) is 24.7 Å². The Morgan fingerprint density at radius 2 is 1.76 bits per heavy atom. The third-order valence-corrected chi connectivity index (χ3v) is 8.07. The number of para-hydroxylation sites is 1. The van der Waals surface area contributed by atoms with Gasteiger partial charge in [0, 0.05) is 37.7 Å². The molecular formula is C31H35N5O5S. The van der Waals surface area contributed by atoms with Crippen LogP contribution in [0.2, 0.25) is 0 Å². The molecule has 0 bridgehead atoms. The van der Waals surface area contributed by atoms with Gasteiger partial charge in [0.2, 0.25) is 0 Å². The second-order valence-corrected chi connectivity index (χ2v) is 11.7. The van der Waals surface area contributed by atoms with Gasteiger partial charge in [-0.15, -0.1) is 0 Å². The van der Waals surface area contributed by atoms with Crippen molar-refractivity contribution in [2.24, 2.45) is 5.73 Å². The molecule has 0 aliphatic carbocycles. The van der Waals surface area contributed by atoms with Crippen molar-refractivity contribution in [2.45, 2.75) is 30.7 Å². The van der Waals surface area contributed by atoms with Crippen molar-refractivity contribution < 1.29 is 22.4 Å². The highest BCUT2D eigenvalue weighted by Gasteiger charge is 2.19. The molecule has 1 aliphatic rings.